The monoisotopic (exact) mass is 494 g/mol. The lowest BCUT2D eigenvalue weighted by Gasteiger charge is -2.11. The Hall–Kier alpha value is -3.49. The van der Waals surface area contributed by atoms with Crippen LogP contribution in [0.25, 0.3) is 22.4 Å². The van der Waals surface area contributed by atoms with E-state index in [0.717, 1.165) is 22.4 Å². The summed E-state index contributed by atoms with van der Waals surface area (Å²) < 4.78 is 51.5. The van der Waals surface area contributed by atoms with Crippen LogP contribution >= 0.6 is 0 Å². The van der Waals surface area contributed by atoms with Crippen molar-refractivity contribution in [2.45, 2.75) is 31.6 Å². The molecule has 0 atom stereocenters. The molecule has 4 aromatic rings. The molecule has 4 rings (SSSR count). The Balaban J connectivity index is 1.80. The number of halogens is 1. The second-order valence-electron chi connectivity index (χ2n) is 8.11. The van der Waals surface area contributed by atoms with Gasteiger partial charge in [-0.2, -0.15) is 5.10 Å². The van der Waals surface area contributed by atoms with Crippen molar-refractivity contribution in [3.63, 3.8) is 0 Å². The zero-order valence-corrected chi connectivity index (χ0v) is 20.7. The molecule has 8 heteroatoms. The number of benzene rings is 3. The Morgan fingerprint density at radius 2 is 1.63 bits per heavy atom. The van der Waals surface area contributed by atoms with E-state index in [1.807, 2.05) is 41.9 Å². The lowest BCUT2D eigenvalue weighted by Crippen LogP contribution is -2.06. The van der Waals surface area contributed by atoms with E-state index in [2.05, 4.69) is 0 Å². The predicted molar refractivity (Wildman–Crippen MR) is 133 cm³/mol. The van der Waals surface area contributed by atoms with Crippen molar-refractivity contribution >= 4 is 9.84 Å². The van der Waals surface area contributed by atoms with E-state index in [1.54, 1.807) is 36.4 Å². The fourth-order valence-electron chi connectivity index (χ4n) is 3.93. The van der Waals surface area contributed by atoms with Crippen molar-refractivity contribution in [1.29, 1.82) is 0 Å². The molecule has 0 N–H and O–H groups in total. The maximum Gasteiger partial charge on any atom is 0.175 e. The normalized spacial score (nSPS) is 11.5. The topological polar surface area (TPSA) is 70.4 Å². The minimum Gasteiger partial charge on any atom is -0.494 e. The maximum absolute atomic E-state index is 14.7. The van der Waals surface area contributed by atoms with Crippen LogP contribution < -0.4 is 4.74 Å². The van der Waals surface area contributed by atoms with Crippen LogP contribution in [0.15, 0.2) is 77.7 Å². The molecule has 0 saturated carbocycles. The molecule has 0 radical (unpaired) electrons. The highest BCUT2D eigenvalue weighted by Crippen LogP contribution is 2.37. The van der Waals surface area contributed by atoms with Gasteiger partial charge in [0.2, 0.25) is 0 Å². The van der Waals surface area contributed by atoms with Crippen LogP contribution in [0.5, 0.6) is 5.75 Å². The third kappa shape index (κ3) is 5.44. The Morgan fingerprint density at radius 1 is 0.943 bits per heavy atom. The maximum atomic E-state index is 14.7. The molecule has 0 aliphatic heterocycles. The van der Waals surface area contributed by atoms with Crippen LogP contribution in [-0.4, -0.2) is 31.6 Å². The Kier molecular flexibility index (Phi) is 7.33. The number of aromatic nitrogens is 2. The van der Waals surface area contributed by atoms with Crippen molar-refractivity contribution in [2.24, 2.45) is 0 Å². The molecule has 0 spiro atoms. The van der Waals surface area contributed by atoms with Gasteiger partial charge in [0.15, 0.2) is 21.4 Å². The summed E-state index contributed by atoms with van der Waals surface area (Å²) in [5.41, 5.74) is 4.55. The molecule has 1 aromatic heterocycles. The first-order valence-electron chi connectivity index (χ1n) is 11.2. The van der Waals surface area contributed by atoms with E-state index in [9.17, 15) is 12.8 Å². The first-order valence-corrected chi connectivity index (χ1v) is 13.1. The van der Waals surface area contributed by atoms with Gasteiger partial charge in [-0.05, 0) is 42.3 Å². The van der Waals surface area contributed by atoms with Crippen molar-refractivity contribution in [3.05, 3.63) is 89.9 Å². The summed E-state index contributed by atoms with van der Waals surface area (Å²) in [6.45, 7) is 3.24. The lowest BCUT2D eigenvalue weighted by atomic mass is 9.98. The SMILES string of the molecule is CCn1nc(-c2ccc(S(C)(=O)=O)cc2)c(-c2ccc(OC)c(F)c2)c1COCc1ccccc1. The van der Waals surface area contributed by atoms with Gasteiger partial charge in [-0.25, -0.2) is 12.8 Å². The van der Waals surface area contributed by atoms with Crippen LogP contribution in [0.1, 0.15) is 18.2 Å². The predicted octanol–water partition coefficient (Wildman–Crippen LogP) is 5.51. The summed E-state index contributed by atoms with van der Waals surface area (Å²) in [5.74, 6) is -0.332. The van der Waals surface area contributed by atoms with Crippen LogP contribution in [0.2, 0.25) is 0 Å². The van der Waals surface area contributed by atoms with E-state index in [0.29, 0.717) is 24.4 Å². The average molecular weight is 495 g/mol. The fraction of sp³-hybridized carbons (Fsp3) is 0.222. The molecule has 35 heavy (non-hydrogen) atoms. The second-order valence-corrected chi connectivity index (χ2v) is 10.1. The number of nitrogens with zero attached hydrogens (tertiary/aromatic N) is 2. The summed E-state index contributed by atoms with van der Waals surface area (Å²) in [6.07, 6.45) is 1.17. The molecule has 0 unspecified atom stereocenters. The zero-order valence-electron chi connectivity index (χ0n) is 19.9. The third-order valence-corrected chi connectivity index (χ3v) is 6.83. The van der Waals surface area contributed by atoms with E-state index >= 15 is 0 Å². The quantitative estimate of drug-likeness (QED) is 0.307. The highest BCUT2D eigenvalue weighted by molar-refractivity contribution is 7.90. The van der Waals surface area contributed by atoms with Crippen LogP contribution in [0, 0.1) is 5.82 Å². The molecule has 0 bridgehead atoms. The fourth-order valence-corrected chi connectivity index (χ4v) is 4.56. The second kappa shape index (κ2) is 10.4. The largest absolute Gasteiger partial charge is 0.494 e. The summed E-state index contributed by atoms with van der Waals surface area (Å²) in [7, 11) is -1.91. The summed E-state index contributed by atoms with van der Waals surface area (Å²) >= 11 is 0. The van der Waals surface area contributed by atoms with Crippen molar-refractivity contribution in [2.75, 3.05) is 13.4 Å². The highest BCUT2D eigenvalue weighted by Gasteiger charge is 2.22. The number of hydrogen-bond donors (Lipinski definition) is 0. The first-order chi connectivity index (χ1) is 16.8. The van der Waals surface area contributed by atoms with Gasteiger partial charge in [0.05, 0.1) is 30.9 Å². The zero-order chi connectivity index (χ0) is 25.0. The van der Waals surface area contributed by atoms with Crippen molar-refractivity contribution in [1.82, 2.24) is 9.78 Å². The summed E-state index contributed by atoms with van der Waals surface area (Å²) in [6, 6.07) is 21.2. The smallest absolute Gasteiger partial charge is 0.175 e. The van der Waals surface area contributed by atoms with Gasteiger partial charge in [-0.1, -0.05) is 48.5 Å². The lowest BCUT2D eigenvalue weighted by molar-refractivity contribution is 0.102. The first kappa shape index (κ1) is 24.6. The minimum absolute atomic E-state index is 0.151. The highest BCUT2D eigenvalue weighted by atomic mass is 32.2. The molecule has 0 aliphatic carbocycles. The van der Waals surface area contributed by atoms with Gasteiger partial charge in [0.25, 0.3) is 0 Å². The van der Waals surface area contributed by atoms with E-state index in [-0.39, 0.29) is 17.3 Å². The molecular formula is C27H27FN2O4S. The van der Waals surface area contributed by atoms with E-state index < -0.39 is 15.7 Å². The van der Waals surface area contributed by atoms with Gasteiger partial charge in [0.1, 0.15) is 5.69 Å². The summed E-state index contributed by atoms with van der Waals surface area (Å²) in [5, 5.41) is 4.80. The van der Waals surface area contributed by atoms with Crippen LogP contribution in [-0.2, 0) is 34.3 Å². The molecular weight excluding hydrogens is 467 g/mol. The molecule has 0 fully saturated rings. The molecule has 1 heterocycles. The number of ether oxygens (including phenoxy) is 2. The third-order valence-electron chi connectivity index (χ3n) is 5.70. The number of methoxy groups -OCH3 is 1. The van der Waals surface area contributed by atoms with E-state index in [4.69, 9.17) is 14.6 Å². The Bertz CT molecular complexity index is 1420. The van der Waals surface area contributed by atoms with Crippen LogP contribution in [0.3, 0.4) is 0 Å². The molecule has 0 saturated heterocycles. The molecule has 0 amide bonds. The van der Waals surface area contributed by atoms with Crippen molar-refractivity contribution in [3.8, 4) is 28.1 Å². The van der Waals surface area contributed by atoms with Gasteiger partial charge in [-0.3, -0.25) is 4.68 Å². The van der Waals surface area contributed by atoms with Crippen molar-refractivity contribution < 1.29 is 22.3 Å². The number of aryl methyl sites for hydroxylation is 1. The molecule has 3 aromatic carbocycles. The van der Waals surface area contributed by atoms with Gasteiger partial charge in [0, 0.05) is 23.9 Å². The standard InChI is InChI=1S/C27H27FN2O4S/c1-4-30-24(18-34-17-19-8-6-5-7-9-19)26(21-12-15-25(33-2)23(28)16-21)27(29-30)20-10-13-22(14-11-20)35(3,31)32/h5-16H,4,17-18H2,1-3H3. The Morgan fingerprint density at radius 3 is 2.23 bits per heavy atom. The van der Waals surface area contributed by atoms with E-state index in [1.165, 1.54) is 19.4 Å². The van der Waals surface area contributed by atoms with Gasteiger partial charge in [-0.15, -0.1) is 0 Å². The molecule has 6 nitrogen and oxygen atoms in total. The van der Waals surface area contributed by atoms with Gasteiger partial charge < -0.3 is 9.47 Å². The Labute approximate surface area is 204 Å². The summed E-state index contributed by atoms with van der Waals surface area (Å²) in [4.78, 5) is 0.222. The van der Waals surface area contributed by atoms with Gasteiger partial charge >= 0.3 is 0 Å². The molecule has 0 aliphatic rings. The molecule has 182 valence electrons. The minimum atomic E-state index is -3.33. The average Bonchev–Trinajstić information content (AvgIpc) is 3.22. The van der Waals surface area contributed by atoms with Crippen LogP contribution in [0.4, 0.5) is 4.39 Å². The number of rotatable bonds is 9. The number of sulfone groups is 1. The number of hydrogen-bond acceptors (Lipinski definition) is 5.